The zero-order chi connectivity index (χ0) is 18.9. The molecule has 6 heteroatoms. The van der Waals surface area contributed by atoms with E-state index in [0.29, 0.717) is 13.0 Å². The molecule has 3 fully saturated rings. The van der Waals surface area contributed by atoms with E-state index in [9.17, 15) is 14.7 Å². The molecular formula is C21H29N3O3. The first-order valence-electron chi connectivity index (χ1n) is 10.1. The lowest BCUT2D eigenvalue weighted by Gasteiger charge is -2.33. The normalized spacial score (nSPS) is 29.9. The Morgan fingerprint density at radius 3 is 2.63 bits per heavy atom. The Balaban J connectivity index is 1.43. The third kappa shape index (κ3) is 3.87. The van der Waals surface area contributed by atoms with Crippen LogP contribution >= 0.6 is 0 Å². The molecule has 146 valence electrons. The van der Waals surface area contributed by atoms with Crippen molar-refractivity contribution < 1.29 is 14.7 Å². The molecule has 3 atom stereocenters. The number of likely N-dealkylation sites (tertiary alicyclic amines) is 1. The summed E-state index contributed by atoms with van der Waals surface area (Å²) in [6.45, 7) is 3.41. The lowest BCUT2D eigenvalue weighted by atomic mass is 9.77. The number of nitrogens with one attached hydrogen (secondary N) is 2. The van der Waals surface area contributed by atoms with Crippen molar-refractivity contribution in [2.75, 3.05) is 26.2 Å². The molecule has 0 bridgehead atoms. The summed E-state index contributed by atoms with van der Waals surface area (Å²) in [6, 6.07) is 9.19. The molecule has 3 saturated heterocycles. The van der Waals surface area contributed by atoms with Gasteiger partial charge in [0.2, 0.25) is 5.91 Å². The smallest absolute Gasteiger partial charge is 0.326 e. The van der Waals surface area contributed by atoms with E-state index in [0.717, 1.165) is 45.3 Å². The van der Waals surface area contributed by atoms with Crippen molar-refractivity contribution in [2.45, 2.75) is 44.2 Å². The van der Waals surface area contributed by atoms with Crippen LogP contribution in [0.4, 0.5) is 0 Å². The van der Waals surface area contributed by atoms with Gasteiger partial charge in [-0.25, -0.2) is 4.79 Å². The largest absolute Gasteiger partial charge is 0.480 e. The molecule has 1 aromatic rings. The average molecular weight is 371 g/mol. The summed E-state index contributed by atoms with van der Waals surface area (Å²) in [7, 11) is 0. The van der Waals surface area contributed by atoms with E-state index in [1.54, 1.807) is 4.90 Å². The van der Waals surface area contributed by atoms with Gasteiger partial charge in [-0.3, -0.25) is 4.79 Å². The lowest BCUT2D eigenvalue weighted by Crippen LogP contribution is -2.48. The first-order valence-corrected chi connectivity index (χ1v) is 10.1. The lowest BCUT2D eigenvalue weighted by molar-refractivity contribution is -0.149. The Hall–Kier alpha value is -1.92. The van der Waals surface area contributed by atoms with Crippen molar-refractivity contribution >= 4 is 11.9 Å². The highest BCUT2D eigenvalue weighted by Gasteiger charge is 2.47. The van der Waals surface area contributed by atoms with Gasteiger partial charge in [-0.15, -0.1) is 0 Å². The first-order chi connectivity index (χ1) is 13.1. The topological polar surface area (TPSA) is 81.7 Å². The molecular weight excluding hydrogens is 342 g/mol. The number of piperidine rings is 1. The maximum atomic E-state index is 13.2. The molecule has 27 heavy (non-hydrogen) atoms. The van der Waals surface area contributed by atoms with Gasteiger partial charge in [-0.05, 0) is 62.1 Å². The molecule has 1 unspecified atom stereocenters. The number of nitrogens with zero attached hydrogens (tertiary/aromatic N) is 1. The fraction of sp³-hybridized carbons (Fsp3) is 0.619. The van der Waals surface area contributed by atoms with Crippen LogP contribution in [0.1, 0.15) is 31.2 Å². The Labute approximate surface area is 160 Å². The number of amides is 1. The number of hydrogen-bond acceptors (Lipinski definition) is 4. The van der Waals surface area contributed by atoms with Gasteiger partial charge < -0.3 is 20.6 Å². The maximum absolute atomic E-state index is 13.2. The Morgan fingerprint density at radius 1 is 1.19 bits per heavy atom. The van der Waals surface area contributed by atoms with Crippen LogP contribution in [0.3, 0.4) is 0 Å². The molecule has 3 N–H and O–H groups in total. The molecule has 0 aromatic heterocycles. The number of carboxylic acids is 1. The highest BCUT2D eigenvalue weighted by molar-refractivity contribution is 5.88. The molecule has 1 spiro atoms. The zero-order valence-electron chi connectivity index (χ0n) is 15.7. The fourth-order valence-corrected chi connectivity index (χ4v) is 5.13. The summed E-state index contributed by atoms with van der Waals surface area (Å²) >= 11 is 0. The molecule has 6 nitrogen and oxygen atoms in total. The van der Waals surface area contributed by atoms with Crippen LogP contribution in [0.25, 0.3) is 0 Å². The van der Waals surface area contributed by atoms with Crippen LogP contribution in [-0.2, 0) is 16.0 Å². The van der Waals surface area contributed by atoms with E-state index in [2.05, 4.69) is 22.8 Å². The number of benzene rings is 1. The SMILES string of the molecule is O=C(O)[C@@H]1C[C@@H](Cc2ccccc2)CN1C(=O)C1CC2(CCNCC2)CN1. The monoisotopic (exact) mass is 371 g/mol. The Morgan fingerprint density at radius 2 is 1.93 bits per heavy atom. The van der Waals surface area contributed by atoms with Crippen LogP contribution in [0.15, 0.2) is 30.3 Å². The van der Waals surface area contributed by atoms with Gasteiger partial charge >= 0.3 is 5.97 Å². The molecule has 1 amide bonds. The van der Waals surface area contributed by atoms with E-state index >= 15 is 0 Å². The van der Waals surface area contributed by atoms with E-state index in [4.69, 9.17) is 0 Å². The number of hydrogen-bond donors (Lipinski definition) is 3. The standard InChI is InChI=1S/C21H29N3O3/c25-19(17-12-21(14-23-17)6-8-22-9-7-21)24-13-16(11-18(24)20(26)27)10-15-4-2-1-3-5-15/h1-5,16-18,22-23H,6-14H2,(H,26,27)/t16-,17?,18+/m1/s1. The summed E-state index contributed by atoms with van der Waals surface area (Å²) in [4.78, 5) is 26.6. The van der Waals surface area contributed by atoms with E-state index in [-0.39, 0.29) is 23.3 Å². The van der Waals surface area contributed by atoms with E-state index < -0.39 is 12.0 Å². The van der Waals surface area contributed by atoms with Gasteiger partial charge in [-0.2, -0.15) is 0 Å². The second-order valence-corrected chi connectivity index (χ2v) is 8.52. The van der Waals surface area contributed by atoms with Crippen molar-refractivity contribution in [1.29, 1.82) is 0 Å². The van der Waals surface area contributed by atoms with Crippen LogP contribution in [0, 0.1) is 11.3 Å². The highest BCUT2D eigenvalue weighted by Crippen LogP contribution is 2.38. The number of carbonyl (C=O) groups is 2. The summed E-state index contributed by atoms with van der Waals surface area (Å²) < 4.78 is 0. The third-order valence-electron chi connectivity index (χ3n) is 6.65. The van der Waals surface area contributed by atoms with Gasteiger partial charge in [0.1, 0.15) is 6.04 Å². The summed E-state index contributed by atoms with van der Waals surface area (Å²) in [5.41, 5.74) is 1.40. The Bertz CT molecular complexity index is 687. The van der Waals surface area contributed by atoms with Crippen LogP contribution in [-0.4, -0.2) is 60.1 Å². The highest BCUT2D eigenvalue weighted by atomic mass is 16.4. The summed E-state index contributed by atoms with van der Waals surface area (Å²) in [5, 5.41) is 16.5. The fourth-order valence-electron chi connectivity index (χ4n) is 5.13. The molecule has 3 heterocycles. The van der Waals surface area contributed by atoms with Crippen molar-refractivity contribution in [1.82, 2.24) is 15.5 Å². The minimum Gasteiger partial charge on any atom is -0.480 e. The van der Waals surface area contributed by atoms with Crippen LogP contribution < -0.4 is 10.6 Å². The molecule has 3 aliphatic heterocycles. The van der Waals surface area contributed by atoms with Crippen molar-refractivity contribution in [2.24, 2.45) is 11.3 Å². The van der Waals surface area contributed by atoms with Gasteiger partial charge in [0.15, 0.2) is 0 Å². The minimum atomic E-state index is -0.881. The van der Waals surface area contributed by atoms with Crippen molar-refractivity contribution in [3.05, 3.63) is 35.9 Å². The van der Waals surface area contributed by atoms with Gasteiger partial charge in [0.05, 0.1) is 6.04 Å². The van der Waals surface area contributed by atoms with Crippen LogP contribution in [0.2, 0.25) is 0 Å². The van der Waals surface area contributed by atoms with Gasteiger partial charge in [-0.1, -0.05) is 30.3 Å². The van der Waals surface area contributed by atoms with Crippen LogP contribution in [0.5, 0.6) is 0 Å². The molecule has 0 saturated carbocycles. The molecule has 0 radical (unpaired) electrons. The average Bonchev–Trinajstić information content (AvgIpc) is 3.28. The molecule has 3 aliphatic rings. The quantitative estimate of drug-likeness (QED) is 0.742. The van der Waals surface area contributed by atoms with Crippen molar-refractivity contribution in [3.8, 4) is 0 Å². The summed E-state index contributed by atoms with van der Waals surface area (Å²) in [6.07, 6.45) is 4.37. The number of rotatable bonds is 4. The van der Waals surface area contributed by atoms with Gasteiger partial charge in [0.25, 0.3) is 0 Å². The van der Waals surface area contributed by atoms with Crippen molar-refractivity contribution in [3.63, 3.8) is 0 Å². The molecule has 0 aliphatic carbocycles. The first kappa shape index (κ1) is 18.4. The number of carbonyl (C=O) groups excluding carboxylic acids is 1. The minimum absolute atomic E-state index is 0.0200. The predicted octanol–water partition coefficient (Wildman–Crippen LogP) is 1.26. The second kappa shape index (κ2) is 7.60. The third-order valence-corrected chi connectivity index (χ3v) is 6.65. The molecule has 4 rings (SSSR count). The Kier molecular flexibility index (Phi) is 5.19. The predicted molar refractivity (Wildman–Crippen MR) is 102 cm³/mol. The zero-order valence-corrected chi connectivity index (χ0v) is 15.7. The van der Waals surface area contributed by atoms with Gasteiger partial charge in [0, 0.05) is 13.1 Å². The number of aliphatic carboxylic acids is 1. The number of carboxylic acid groups (broad SMARTS) is 1. The van der Waals surface area contributed by atoms with E-state index in [1.165, 1.54) is 5.56 Å². The molecule has 1 aromatic carbocycles. The van der Waals surface area contributed by atoms with E-state index in [1.807, 2.05) is 18.2 Å². The summed E-state index contributed by atoms with van der Waals surface area (Å²) in [5.74, 6) is -0.700. The second-order valence-electron chi connectivity index (χ2n) is 8.52. The maximum Gasteiger partial charge on any atom is 0.326 e.